The van der Waals surface area contributed by atoms with E-state index in [1.54, 1.807) is 25.4 Å². The topological polar surface area (TPSA) is 104 Å². The van der Waals surface area contributed by atoms with Crippen LogP contribution in [0.3, 0.4) is 0 Å². The van der Waals surface area contributed by atoms with Crippen LogP contribution < -0.4 is 5.32 Å². The van der Waals surface area contributed by atoms with Crippen LogP contribution in [0.5, 0.6) is 0 Å². The Morgan fingerprint density at radius 3 is 2.79 bits per heavy atom. The molecule has 13 heteroatoms. The number of carbonyl (C=O) groups excluding carboxylic acids is 1. The van der Waals surface area contributed by atoms with Gasteiger partial charge in [-0.1, -0.05) is 28.9 Å². The highest BCUT2D eigenvalue weighted by Gasteiger charge is 2.43. The zero-order chi connectivity index (χ0) is 28.3. The average Bonchev–Trinajstić information content (AvgIpc) is 3.38. The van der Waals surface area contributed by atoms with Crippen LogP contribution in [-0.2, 0) is 14.3 Å². The number of amidine groups is 1. The fraction of sp³-hybridized carbons (Fsp3) is 0.462. The van der Waals surface area contributed by atoms with Crippen LogP contribution >= 0.6 is 27.3 Å². The van der Waals surface area contributed by atoms with E-state index in [1.165, 1.54) is 34.4 Å². The summed E-state index contributed by atoms with van der Waals surface area (Å²) in [5.41, 5.74) is 0.871. The Morgan fingerprint density at radius 1 is 1.38 bits per heavy atom. The van der Waals surface area contributed by atoms with E-state index in [0.29, 0.717) is 26.6 Å². The van der Waals surface area contributed by atoms with Gasteiger partial charge in [0.2, 0.25) is 0 Å². The summed E-state index contributed by atoms with van der Waals surface area (Å²) in [5, 5.41) is 14.7. The van der Waals surface area contributed by atoms with E-state index in [-0.39, 0.29) is 38.0 Å². The van der Waals surface area contributed by atoms with Gasteiger partial charge in [-0.25, -0.2) is 22.9 Å². The second-order valence-corrected chi connectivity index (χ2v) is 11.3. The molecule has 2 aliphatic rings. The number of hydrogen-bond acceptors (Lipinski definition) is 8. The Morgan fingerprint density at radius 2 is 2.15 bits per heavy atom. The number of aliphatic imine (C=N–C) groups is 1. The molecular weight excluding hydrogens is 601 g/mol. The zero-order valence-electron chi connectivity index (χ0n) is 21.3. The van der Waals surface area contributed by atoms with Crippen molar-refractivity contribution < 1.29 is 32.6 Å². The van der Waals surface area contributed by atoms with Crippen molar-refractivity contribution in [1.29, 1.82) is 0 Å². The number of ether oxygens (including phenoxy) is 1. The van der Waals surface area contributed by atoms with E-state index < -0.39 is 48.2 Å². The lowest BCUT2D eigenvalue weighted by molar-refractivity contribution is -0.140. The van der Waals surface area contributed by atoms with E-state index in [2.05, 4.69) is 26.2 Å². The minimum absolute atomic E-state index is 0.0655. The number of carboxylic acid groups (broad SMARTS) is 1. The number of nitrogens with zero attached hydrogens (tertiary/aromatic N) is 3. The first kappa shape index (κ1) is 29.2. The van der Waals surface area contributed by atoms with Crippen molar-refractivity contribution in [2.24, 2.45) is 10.9 Å². The Kier molecular flexibility index (Phi) is 9.12. The van der Waals surface area contributed by atoms with Crippen LogP contribution in [0.1, 0.15) is 49.7 Å². The van der Waals surface area contributed by atoms with Gasteiger partial charge in [-0.15, -0.1) is 11.3 Å². The maximum Gasteiger partial charge on any atom is 0.338 e. The van der Waals surface area contributed by atoms with Crippen molar-refractivity contribution in [2.75, 3.05) is 19.7 Å². The number of hydrogen-bond donors (Lipinski definition) is 2. The van der Waals surface area contributed by atoms with E-state index >= 15 is 0 Å². The molecule has 8 nitrogen and oxygen atoms in total. The minimum Gasteiger partial charge on any atom is -0.481 e. The first-order valence-corrected chi connectivity index (χ1v) is 14.1. The predicted molar refractivity (Wildman–Crippen MR) is 143 cm³/mol. The molecule has 0 amide bonds. The minimum atomic E-state index is -2.98. The molecule has 1 aromatic carbocycles. The molecule has 210 valence electrons. The number of rotatable bonds is 9. The Hall–Kier alpha value is -2.77. The molecule has 0 unspecified atom stereocenters. The molecule has 1 aromatic heterocycles. The summed E-state index contributed by atoms with van der Waals surface area (Å²) in [4.78, 5) is 35.3. The number of carboxylic acids is 1. The van der Waals surface area contributed by atoms with Crippen molar-refractivity contribution in [2.45, 2.75) is 51.1 Å². The Balaban J connectivity index is 1.83. The van der Waals surface area contributed by atoms with Gasteiger partial charge < -0.3 is 15.2 Å². The van der Waals surface area contributed by atoms with Crippen molar-refractivity contribution in [1.82, 2.24) is 15.2 Å². The highest BCUT2D eigenvalue weighted by molar-refractivity contribution is 9.10. The molecule has 0 spiro atoms. The fourth-order valence-electron chi connectivity index (χ4n) is 5.03. The summed E-state index contributed by atoms with van der Waals surface area (Å²) in [6, 6.07) is 2.60. The molecule has 1 saturated heterocycles. The van der Waals surface area contributed by atoms with Crippen LogP contribution in [0.15, 0.2) is 50.5 Å². The molecule has 2 aromatic rings. The molecule has 0 saturated carbocycles. The van der Waals surface area contributed by atoms with Gasteiger partial charge in [0.25, 0.3) is 5.92 Å². The van der Waals surface area contributed by atoms with Gasteiger partial charge in [0.1, 0.15) is 11.9 Å². The van der Waals surface area contributed by atoms with Crippen LogP contribution in [0, 0.1) is 11.7 Å². The van der Waals surface area contributed by atoms with Gasteiger partial charge >= 0.3 is 11.9 Å². The van der Waals surface area contributed by atoms with Crippen LogP contribution in [0.2, 0.25) is 0 Å². The molecule has 0 bridgehead atoms. The monoisotopic (exact) mass is 628 g/mol. The van der Waals surface area contributed by atoms with Crippen LogP contribution in [0.25, 0.3) is 0 Å². The van der Waals surface area contributed by atoms with Crippen molar-refractivity contribution in [3.63, 3.8) is 0 Å². The van der Waals surface area contributed by atoms with Crippen LogP contribution in [0.4, 0.5) is 13.2 Å². The number of esters is 1. The highest BCUT2D eigenvalue weighted by atomic mass is 79.9. The Bertz CT molecular complexity index is 1290. The van der Waals surface area contributed by atoms with E-state index in [1.807, 2.05) is 0 Å². The second kappa shape index (κ2) is 12.2. The molecule has 2 N–H and O–H groups in total. The highest BCUT2D eigenvalue weighted by Crippen LogP contribution is 2.39. The quantitative estimate of drug-likeness (QED) is 0.370. The predicted octanol–water partition coefficient (Wildman–Crippen LogP) is 5.16. The summed E-state index contributed by atoms with van der Waals surface area (Å²) in [6.07, 6.45) is 1.16. The maximum absolute atomic E-state index is 14.7. The lowest BCUT2D eigenvalue weighted by Crippen LogP contribution is -2.53. The zero-order valence-corrected chi connectivity index (χ0v) is 23.7. The summed E-state index contributed by atoms with van der Waals surface area (Å²) in [6.45, 7) is 2.73. The summed E-state index contributed by atoms with van der Waals surface area (Å²) in [5.74, 6) is -5.26. The molecule has 1 fully saturated rings. The van der Waals surface area contributed by atoms with E-state index in [4.69, 9.17) is 9.73 Å². The number of carbonyl (C=O) groups is 2. The van der Waals surface area contributed by atoms with Crippen molar-refractivity contribution >= 4 is 45.0 Å². The average molecular weight is 629 g/mol. The van der Waals surface area contributed by atoms with Gasteiger partial charge in [-0.05, 0) is 37.0 Å². The number of alkyl halides is 2. The normalized spacial score (nSPS) is 22.2. The Labute approximate surface area is 236 Å². The summed E-state index contributed by atoms with van der Waals surface area (Å²) < 4.78 is 49.0. The fourth-order valence-corrected chi connectivity index (χ4v) is 6.19. The third-order valence-corrected chi connectivity index (χ3v) is 8.20. The first-order valence-electron chi connectivity index (χ1n) is 12.4. The number of nitrogens with one attached hydrogen (secondary N) is 1. The largest absolute Gasteiger partial charge is 0.481 e. The molecule has 0 aliphatic carbocycles. The SMILES string of the molecule is CCOC(=O)C1=C(CN2CC(F)(F)CC[C@H]2[C@H](C)CC(=O)O)NC(c2nccs2)=N[C@H]1c1ccc(F)cc1Br. The second-order valence-electron chi connectivity index (χ2n) is 9.56. The lowest BCUT2D eigenvalue weighted by atomic mass is 9.87. The number of thiazole rings is 1. The van der Waals surface area contributed by atoms with Gasteiger partial charge in [0.15, 0.2) is 10.8 Å². The van der Waals surface area contributed by atoms with Crippen LogP contribution in [-0.4, -0.2) is 64.4 Å². The van der Waals surface area contributed by atoms with Gasteiger partial charge in [-0.3, -0.25) is 14.7 Å². The molecular formula is C26H28BrF3N4O4S. The van der Waals surface area contributed by atoms with Crippen molar-refractivity contribution in [3.8, 4) is 0 Å². The number of aliphatic carboxylic acids is 1. The van der Waals surface area contributed by atoms with Gasteiger partial charge in [0.05, 0.1) is 18.7 Å². The molecule has 4 rings (SSSR count). The first-order chi connectivity index (χ1) is 18.5. The molecule has 0 radical (unpaired) electrons. The molecule has 3 atom stereocenters. The number of aromatic nitrogens is 1. The van der Waals surface area contributed by atoms with Crippen molar-refractivity contribution in [3.05, 3.63) is 61.9 Å². The third-order valence-electron chi connectivity index (χ3n) is 6.74. The lowest BCUT2D eigenvalue weighted by Gasteiger charge is -2.43. The summed E-state index contributed by atoms with van der Waals surface area (Å²) in [7, 11) is 0. The number of piperidine rings is 1. The van der Waals surface area contributed by atoms with Gasteiger partial charge in [-0.2, -0.15) is 0 Å². The molecule has 2 aliphatic heterocycles. The van der Waals surface area contributed by atoms with E-state index in [9.17, 15) is 27.9 Å². The number of likely N-dealkylation sites (tertiary alicyclic amines) is 1. The molecule has 3 heterocycles. The van der Waals surface area contributed by atoms with E-state index in [0.717, 1.165) is 0 Å². The standard InChI is InChI=1S/C26H28BrF3N4O4S/c1-3-38-25(37)21-18(12-34-13-26(29,30)7-6-19(34)14(2)10-20(35)36)32-23(24-31-8-9-39-24)33-22(21)16-5-4-15(28)11-17(16)27/h4-5,8-9,11,14,19,22H,3,6-7,10,12-13H2,1-2H3,(H,32,33)(H,35,36)/t14-,19+,22+/m1/s1. The number of halogens is 4. The maximum atomic E-state index is 14.7. The smallest absolute Gasteiger partial charge is 0.338 e. The summed E-state index contributed by atoms with van der Waals surface area (Å²) >= 11 is 4.67. The number of benzene rings is 1. The molecule has 39 heavy (non-hydrogen) atoms. The third kappa shape index (κ3) is 6.87. The van der Waals surface area contributed by atoms with Gasteiger partial charge in [0, 0.05) is 47.2 Å².